The number of carbonyl (C=O) groups is 1. The van der Waals surface area contributed by atoms with Crippen molar-refractivity contribution in [1.82, 2.24) is 5.32 Å². The Hall–Kier alpha value is -2.40. The van der Waals surface area contributed by atoms with Gasteiger partial charge in [0.2, 0.25) is 5.91 Å². The standard InChI is InChI=1S/C17H19N3OS/c1-12-7-9-14(10-8-12)19-17(22)20-15(16(18)21)11-13-5-3-2-4-6-13/h2-10,15H,11H2,1H3,(H2,18,21)(H2,19,20,22)/t15-/m0/s1. The first-order chi connectivity index (χ1) is 10.5. The molecule has 0 bridgehead atoms. The minimum Gasteiger partial charge on any atom is -0.368 e. The molecule has 0 saturated heterocycles. The summed E-state index contributed by atoms with van der Waals surface area (Å²) >= 11 is 5.25. The molecule has 0 aliphatic heterocycles. The fourth-order valence-corrected chi connectivity index (χ4v) is 2.29. The summed E-state index contributed by atoms with van der Waals surface area (Å²) in [6.07, 6.45) is 0.492. The molecule has 0 aliphatic carbocycles. The number of nitrogens with two attached hydrogens (primary N) is 1. The van der Waals surface area contributed by atoms with E-state index in [2.05, 4.69) is 10.6 Å². The average Bonchev–Trinajstić information content (AvgIpc) is 2.50. The highest BCUT2D eigenvalue weighted by Gasteiger charge is 2.16. The van der Waals surface area contributed by atoms with Crippen LogP contribution >= 0.6 is 12.2 Å². The molecule has 22 heavy (non-hydrogen) atoms. The molecule has 2 aromatic carbocycles. The average molecular weight is 313 g/mol. The van der Waals surface area contributed by atoms with E-state index in [0.717, 1.165) is 11.3 Å². The molecule has 2 aromatic rings. The molecule has 0 aliphatic rings. The second kappa shape index (κ2) is 7.56. The van der Waals surface area contributed by atoms with Gasteiger partial charge in [-0.1, -0.05) is 48.0 Å². The minimum atomic E-state index is -0.548. The van der Waals surface area contributed by atoms with E-state index < -0.39 is 11.9 Å². The van der Waals surface area contributed by atoms with Gasteiger partial charge < -0.3 is 16.4 Å². The lowest BCUT2D eigenvalue weighted by Crippen LogP contribution is -2.47. The van der Waals surface area contributed by atoms with Gasteiger partial charge in [-0.15, -0.1) is 0 Å². The summed E-state index contributed by atoms with van der Waals surface area (Å²) in [6.45, 7) is 2.02. The highest BCUT2D eigenvalue weighted by molar-refractivity contribution is 7.80. The number of thiocarbonyl (C=S) groups is 1. The molecule has 2 rings (SSSR count). The van der Waals surface area contributed by atoms with E-state index in [1.54, 1.807) is 0 Å². The van der Waals surface area contributed by atoms with Gasteiger partial charge in [-0.2, -0.15) is 0 Å². The highest BCUT2D eigenvalue weighted by Crippen LogP contribution is 2.09. The maximum absolute atomic E-state index is 11.6. The second-order valence-electron chi connectivity index (χ2n) is 5.11. The van der Waals surface area contributed by atoms with E-state index in [-0.39, 0.29) is 0 Å². The summed E-state index contributed by atoms with van der Waals surface area (Å²) in [4.78, 5) is 11.6. The van der Waals surface area contributed by atoms with E-state index in [4.69, 9.17) is 18.0 Å². The molecule has 0 unspecified atom stereocenters. The largest absolute Gasteiger partial charge is 0.368 e. The summed E-state index contributed by atoms with van der Waals surface area (Å²) in [5.74, 6) is -0.433. The molecule has 0 radical (unpaired) electrons. The molecule has 4 N–H and O–H groups in total. The zero-order chi connectivity index (χ0) is 15.9. The molecule has 1 atom stereocenters. The Morgan fingerprint density at radius 1 is 1.14 bits per heavy atom. The van der Waals surface area contributed by atoms with Crippen molar-refractivity contribution in [2.75, 3.05) is 5.32 Å². The molecular weight excluding hydrogens is 294 g/mol. The first kappa shape index (κ1) is 16.0. The Balaban J connectivity index is 1.97. The van der Waals surface area contributed by atoms with Crippen molar-refractivity contribution in [3.8, 4) is 0 Å². The van der Waals surface area contributed by atoms with E-state index in [0.29, 0.717) is 11.5 Å². The van der Waals surface area contributed by atoms with Crippen LogP contribution in [0.5, 0.6) is 0 Å². The van der Waals surface area contributed by atoms with Crippen LogP contribution in [0.3, 0.4) is 0 Å². The predicted molar refractivity (Wildman–Crippen MR) is 93.7 cm³/mol. The van der Waals surface area contributed by atoms with Gasteiger partial charge in [0, 0.05) is 12.1 Å². The van der Waals surface area contributed by atoms with Crippen molar-refractivity contribution in [3.63, 3.8) is 0 Å². The minimum absolute atomic E-state index is 0.378. The number of hydrogen-bond acceptors (Lipinski definition) is 2. The number of anilines is 1. The van der Waals surface area contributed by atoms with Crippen LogP contribution in [0.4, 0.5) is 5.69 Å². The normalized spacial score (nSPS) is 11.5. The maximum Gasteiger partial charge on any atom is 0.240 e. The number of carbonyl (C=O) groups excluding carboxylic acids is 1. The number of rotatable bonds is 5. The third kappa shape index (κ3) is 4.86. The Labute approximate surface area is 135 Å². The van der Waals surface area contributed by atoms with Crippen LogP contribution < -0.4 is 16.4 Å². The van der Waals surface area contributed by atoms with Crippen LogP contribution in [-0.4, -0.2) is 17.1 Å². The molecule has 0 fully saturated rings. The Bertz CT molecular complexity index is 641. The fourth-order valence-electron chi connectivity index (χ4n) is 2.03. The van der Waals surface area contributed by atoms with Gasteiger partial charge in [-0.05, 0) is 36.8 Å². The van der Waals surface area contributed by atoms with Crippen molar-refractivity contribution in [2.24, 2.45) is 5.73 Å². The molecule has 0 aromatic heterocycles. The van der Waals surface area contributed by atoms with Crippen LogP contribution in [0, 0.1) is 6.92 Å². The summed E-state index contributed by atoms with van der Waals surface area (Å²) in [7, 11) is 0. The smallest absolute Gasteiger partial charge is 0.240 e. The Morgan fingerprint density at radius 2 is 1.77 bits per heavy atom. The summed E-state index contributed by atoms with van der Waals surface area (Å²) in [5, 5.41) is 6.40. The van der Waals surface area contributed by atoms with Gasteiger partial charge in [0.15, 0.2) is 5.11 Å². The highest BCUT2D eigenvalue weighted by atomic mass is 32.1. The van der Waals surface area contributed by atoms with E-state index >= 15 is 0 Å². The Morgan fingerprint density at radius 3 is 2.36 bits per heavy atom. The van der Waals surface area contributed by atoms with E-state index in [1.165, 1.54) is 5.56 Å². The van der Waals surface area contributed by atoms with Gasteiger partial charge >= 0.3 is 0 Å². The molecule has 0 saturated carbocycles. The quantitative estimate of drug-likeness (QED) is 0.742. The van der Waals surface area contributed by atoms with Gasteiger partial charge in [0.1, 0.15) is 6.04 Å². The summed E-state index contributed by atoms with van der Waals surface area (Å²) < 4.78 is 0. The summed E-state index contributed by atoms with van der Waals surface area (Å²) in [6, 6.07) is 17.0. The number of hydrogen-bond donors (Lipinski definition) is 3. The lowest BCUT2D eigenvalue weighted by molar-refractivity contribution is -0.119. The molecule has 1 amide bonds. The molecular formula is C17H19N3OS. The monoisotopic (exact) mass is 313 g/mol. The van der Waals surface area contributed by atoms with Gasteiger partial charge in [-0.3, -0.25) is 4.79 Å². The number of benzene rings is 2. The second-order valence-corrected chi connectivity index (χ2v) is 5.52. The van der Waals surface area contributed by atoms with Crippen LogP contribution in [0.25, 0.3) is 0 Å². The molecule has 5 heteroatoms. The van der Waals surface area contributed by atoms with Crippen molar-refractivity contribution in [1.29, 1.82) is 0 Å². The predicted octanol–water partition coefficient (Wildman–Crippen LogP) is 2.38. The van der Waals surface area contributed by atoms with Crippen LogP contribution in [0.1, 0.15) is 11.1 Å². The van der Waals surface area contributed by atoms with Crippen LogP contribution in [0.15, 0.2) is 54.6 Å². The Kier molecular flexibility index (Phi) is 5.49. The summed E-state index contributed by atoms with van der Waals surface area (Å²) in [5.41, 5.74) is 8.52. The number of aryl methyl sites for hydroxylation is 1. The number of amides is 1. The first-order valence-electron chi connectivity index (χ1n) is 7.02. The first-order valence-corrected chi connectivity index (χ1v) is 7.43. The van der Waals surface area contributed by atoms with Gasteiger partial charge in [0.25, 0.3) is 0 Å². The van der Waals surface area contributed by atoms with Crippen molar-refractivity contribution < 1.29 is 4.79 Å². The van der Waals surface area contributed by atoms with Gasteiger partial charge in [-0.25, -0.2) is 0 Å². The van der Waals surface area contributed by atoms with Crippen molar-refractivity contribution in [2.45, 2.75) is 19.4 Å². The third-order valence-electron chi connectivity index (χ3n) is 3.24. The maximum atomic E-state index is 11.6. The lowest BCUT2D eigenvalue weighted by atomic mass is 10.1. The zero-order valence-electron chi connectivity index (χ0n) is 12.4. The number of nitrogens with one attached hydrogen (secondary N) is 2. The van der Waals surface area contributed by atoms with Gasteiger partial charge in [0.05, 0.1) is 0 Å². The molecule has 114 valence electrons. The van der Waals surface area contributed by atoms with Crippen molar-refractivity contribution in [3.05, 3.63) is 65.7 Å². The molecule has 0 spiro atoms. The molecule has 4 nitrogen and oxygen atoms in total. The zero-order valence-corrected chi connectivity index (χ0v) is 13.2. The third-order valence-corrected chi connectivity index (χ3v) is 3.46. The lowest BCUT2D eigenvalue weighted by Gasteiger charge is -2.18. The van der Waals surface area contributed by atoms with E-state index in [9.17, 15) is 4.79 Å². The number of primary amides is 1. The molecule has 0 heterocycles. The van der Waals surface area contributed by atoms with Crippen LogP contribution in [0.2, 0.25) is 0 Å². The fraction of sp³-hybridized carbons (Fsp3) is 0.176. The van der Waals surface area contributed by atoms with E-state index in [1.807, 2.05) is 61.5 Å². The SMILES string of the molecule is Cc1ccc(NC(=S)N[C@@H](Cc2ccccc2)C(N)=O)cc1. The van der Waals surface area contributed by atoms with Crippen molar-refractivity contribution >= 4 is 28.9 Å². The van der Waals surface area contributed by atoms with Crippen LogP contribution in [-0.2, 0) is 11.2 Å². The topological polar surface area (TPSA) is 67.2 Å².